The first kappa shape index (κ1) is 10.4. The van der Waals surface area contributed by atoms with Crippen molar-refractivity contribution in [2.24, 2.45) is 11.0 Å². The Balaban J connectivity index is 2.83. The summed E-state index contributed by atoms with van der Waals surface area (Å²) >= 11 is 0. The molecule has 1 aliphatic heterocycles. The van der Waals surface area contributed by atoms with Gasteiger partial charge in [-0.15, -0.1) is 0 Å². The lowest BCUT2D eigenvalue weighted by Crippen LogP contribution is -2.45. The number of amidine groups is 1. The molecule has 0 saturated heterocycles. The number of hydrogen-bond donors (Lipinski definition) is 0. The molecule has 0 aromatic carbocycles. The fourth-order valence-electron chi connectivity index (χ4n) is 1.84. The normalized spacial score (nSPS) is 23.4. The van der Waals surface area contributed by atoms with Crippen LogP contribution in [0.15, 0.2) is 5.10 Å². The van der Waals surface area contributed by atoms with Gasteiger partial charge in [0.1, 0.15) is 12.0 Å². The number of rotatable bonds is 2. The summed E-state index contributed by atoms with van der Waals surface area (Å²) in [6, 6.07) is 0.479. The van der Waals surface area contributed by atoms with Gasteiger partial charge in [0, 0.05) is 13.1 Å². The van der Waals surface area contributed by atoms with Crippen molar-refractivity contribution in [3.8, 4) is 0 Å². The number of nitrogens with zero attached hydrogens (tertiary/aromatic N) is 3. The van der Waals surface area contributed by atoms with Crippen molar-refractivity contribution in [1.82, 2.24) is 9.91 Å². The summed E-state index contributed by atoms with van der Waals surface area (Å²) < 4.78 is 0. The van der Waals surface area contributed by atoms with E-state index >= 15 is 0 Å². The van der Waals surface area contributed by atoms with Crippen LogP contribution in [0.5, 0.6) is 0 Å². The van der Waals surface area contributed by atoms with Gasteiger partial charge in [0.2, 0.25) is 0 Å². The quantitative estimate of drug-likeness (QED) is 0.651. The van der Waals surface area contributed by atoms with Crippen molar-refractivity contribution in [2.45, 2.75) is 46.8 Å². The van der Waals surface area contributed by atoms with Crippen molar-refractivity contribution in [1.29, 1.82) is 0 Å². The maximum atomic E-state index is 4.55. The van der Waals surface area contributed by atoms with E-state index in [1.807, 2.05) is 0 Å². The molecule has 13 heavy (non-hydrogen) atoms. The fourth-order valence-corrected chi connectivity index (χ4v) is 1.84. The van der Waals surface area contributed by atoms with Crippen LogP contribution in [0.25, 0.3) is 0 Å². The predicted molar refractivity (Wildman–Crippen MR) is 56.5 cm³/mol. The minimum atomic E-state index is 0.431. The monoisotopic (exact) mass is 183 g/mol. The van der Waals surface area contributed by atoms with E-state index in [0.29, 0.717) is 18.1 Å². The maximum Gasteiger partial charge on any atom is 0.123 e. The second kappa shape index (κ2) is 3.56. The van der Waals surface area contributed by atoms with E-state index < -0.39 is 0 Å². The van der Waals surface area contributed by atoms with Crippen molar-refractivity contribution in [3.05, 3.63) is 0 Å². The Kier molecular flexibility index (Phi) is 2.84. The summed E-state index contributed by atoms with van der Waals surface area (Å²) in [6.07, 6.45) is 0.431. The van der Waals surface area contributed by atoms with E-state index in [1.165, 1.54) is 0 Å². The van der Waals surface area contributed by atoms with Crippen LogP contribution in [0, 0.1) is 5.92 Å². The third-order valence-corrected chi connectivity index (χ3v) is 2.56. The van der Waals surface area contributed by atoms with Gasteiger partial charge in [-0.05, 0) is 26.7 Å². The van der Waals surface area contributed by atoms with Crippen LogP contribution < -0.4 is 0 Å². The molecule has 0 aliphatic carbocycles. The topological polar surface area (TPSA) is 18.8 Å². The highest BCUT2D eigenvalue weighted by molar-refractivity contribution is 5.80. The molecule has 0 fully saturated rings. The third-order valence-electron chi connectivity index (χ3n) is 2.56. The van der Waals surface area contributed by atoms with Gasteiger partial charge in [-0.2, -0.15) is 5.10 Å². The lowest BCUT2D eigenvalue weighted by Gasteiger charge is -2.34. The summed E-state index contributed by atoms with van der Waals surface area (Å²) in [4.78, 5) is 2.25. The minimum absolute atomic E-state index is 0.431. The third kappa shape index (κ3) is 1.79. The molecule has 0 radical (unpaired) electrons. The van der Waals surface area contributed by atoms with E-state index in [4.69, 9.17) is 0 Å². The molecule has 0 aromatic heterocycles. The SMILES string of the molecule is CC1=NN(C(C)C)C(C(C)C)N1C. The molecule has 1 unspecified atom stereocenters. The van der Waals surface area contributed by atoms with Crippen LogP contribution in [-0.2, 0) is 0 Å². The van der Waals surface area contributed by atoms with Crippen molar-refractivity contribution >= 4 is 5.84 Å². The summed E-state index contributed by atoms with van der Waals surface area (Å²) in [7, 11) is 2.12. The highest BCUT2D eigenvalue weighted by Gasteiger charge is 2.32. The molecule has 0 aromatic rings. The molecule has 3 heteroatoms. The van der Waals surface area contributed by atoms with Gasteiger partial charge < -0.3 is 4.90 Å². The Labute approximate surface area is 81.4 Å². The zero-order valence-electron chi connectivity index (χ0n) is 9.57. The smallest absolute Gasteiger partial charge is 0.123 e. The van der Waals surface area contributed by atoms with Crippen LogP contribution in [0.4, 0.5) is 0 Å². The van der Waals surface area contributed by atoms with Gasteiger partial charge in [-0.1, -0.05) is 13.8 Å². The van der Waals surface area contributed by atoms with E-state index in [0.717, 1.165) is 5.84 Å². The standard InChI is InChI=1S/C10H21N3/c1-7(2)10-12(6)9(5)11-13(10)8(3)4/h7-8,10H,1-6H3. The average Bonchev–Trinajstić information content (AvgIpc) is 2.28. The van der Waals surface area contributed by atoms with Gasteiger partial charge in [0.05, 0.1) is 0 Å². The summed E-state index contributed by atoms with van der Waals surface area (Å²) in [5, 5.41) is 6.74. The fraction of sp³-hybridized carbons (Fsp3) is 0.900. The van der Waals surface area contributed by atoms with Gasteiger partial charge in [-0.3, -0.25) is 5.01 Å². The van der Waals surface area contributed by atoms with Crippen LogP contribution in [0.2, 0.25) is 0 Å². The first-order chi connectivity index (χ1) is 5.95. The Morgan fingerprint density at radius 3 is 2.08 bits per heavy atom. The van der Waals surface area contributed by atoms with Gasteiger partial charge in [0.15, 0.2) is 0 Å². The van der Waals surface area contributed by atoms with E-state index in [9.17, 15) is 0 Å². The number of hydrazone groups is 1. The molecule has 76 valence electrons. The molecular weight excluding hydrogens is 162 g/mol. The Morgan fingerprint density at radius 2 is 1.77 bits per heavy atom. The zero-order valence-corrected chi connectivity index (χ0v) is 9.57. The minimum Gasteiger partial charge on any atom is -0.340 e. The second-order valence-electron chi connectivity index (χ2n) is 4.39. The largest absolute Gasteiger partial charge is 0.340 e. The highest BCUT2D eigenvalue weighted by Crippen LogP contribution is 2.23. The number of hydrogen-bond acceptors (Lipinski definition) is 3. The predicted octanol–water partition coefficient (Wildman–Crippen LogP) is 1.96. The van der Waals surface area contributed by atoms with Crippen LogP contribution in [-0.4, -0.2) is 35.0 Å². The van der Waals surface area contributed by atoms with Crippen LogP contribution in [0.3, 0.4) is 0 Å². The average molecular weight is 183 g/mol. The van der Waals surface area contributed by atoms with Crippen LogP contribution in [0.1, 0.15) is 34.6 Å². The summed E-state index contributed by atoms with van der Waals surface area (Å²) in [5.74, 6) is 1.72. The molecule has 1 rings (SSSR count). The van der Waals surface area contributed by atoms with E-state index in [-0.39, 0.29) is 0 Å². The maximum absolute atomic E-state index is 4.55. The molecule has 1 heterocycles. The molecule has 0 spiro atoms. The molecule has 3 nitrogen and oxygen atoms in total. The molecule has 1 aliphatic rings. The Morgan fingerprint density at radius 1 is 1.23 bits per heavy atom. The van der Waals surface area contributed by atoms with Gasteiger partial charge >= 0.3 is 0 Å². The molecule has 0 saturated carbocycles. The molecule has 0 bridgehead atoms. The van der Waals surface area contributed by atoms with Crippen molar-refractivity contribution in [2.75, 3.05) is 7.05 Å². The van der Waals surface area contributed by atoms with Crippen LogP contribution >= 0.6 is 0 Å². The Hall–Kier alpha value is -0.730. The summed E-state index contributed by atoms with van der Waals surface area (Å²) in [6.45, 7) is 10.9. The van der Waals surface area contributed by atoms with Crippen molar-refractivity contribution in [3.63, 3.8) is 0 Å². The van der Waals surface area contributed by atoms with Crippen molar-refractivity contribution < 1.29 is 0 Å². The summed E-state index contributed by atoms with van der Waals surface area (Å²) in [5.41, 5.74) is 0. The van der Waals surface area contributed by atoms with E-state index in [2.05, 4.69) is 56.7 Å². The lowest BCUT2D eigenvalue weighted by atomic mass is 10.1. The molecule has 0 N–H and O–H groups in total. The first-order valence-electron chi connectivity index (χ1n) is 5.01. The second-order valence-corrected chi connectivity index (χ2v) is 4.39. The lowest BCUT2D eigenvalue weighted by molar-refractivity contribution is 0.0743. The first-order valence-corrected chi connectivity index (χ1v) is 5.01. The molecule has 0 amide bonds. The van der Waals surface area contributed by atoms with Gasteiger partial charge in [0.25, 0.3) is 0 Å². The van der Waals surface area contributed by atoms with E-state index in [1.54, 1.807) is 0 Å². The highest BCUT2D eigenvalue weighted by atomic mass is 15.6. The molecular formula is C10H21N3. The van der Waals surface area contributed by atoms with Gasteiger partial charge in [-0.25, -0.2) is 0 Å². The Bertz CT molecular complexity index is 208. The molecule has 1 atom stereocenters. The zero-order chi connectivity index (χ0) is 10.2.